The maximum absolute atomic E-state index is 11.7. The van der Waals surface area contributed by atoms with Crippen LogP contribution in [0, 0.1) is 24.0 Å². The van der Waals surface area contributed by atoms with Crippen LogP contribution in [0.4, 0.5) is 5.69 Å². The fourth-order valence-corrected chi connectivity index (χ4v) is 2.93. The number of ether oxygens (including phenoxy) is 1. The minimum absolute atomic E-state index is 0.0661. The summed E-state index contributed by atoms with van der Waals surface area (Å²) in [5.74, 6) is 0.388. The Hall–Kier alpha value is -3.81. The second-order valence-electron chi connectivity index (χ2n) is 6.06. The molecule has 27 heavy (non-hydrogen) atoms. The van der Waals surface area contributed by atoms with Gasteiger partial charge in [-0.15, -0.1) is 0 Å². The first-order valence-corrected chi connectivity index (χ1v) is 8.22. The van der Waals surface area contributed by atoms with Gasteiger partial charge in [-0.2, -0.15) is 10.1 Å². The largest absolute Gasteiger partial charge is 0.434 e. The zero-order valence-electron chi connectivity index (χ0n) is 14.7. The van der Waals surface area contributed by atoms with Crippen molar-refractivity contribution in [2.75, 3.05) is 0 Å². The first-order valence-electron chi connectivity index (χ1n) is 8.22. The van der Waals surface area contributed by atoms with E-state index >= 15 is 0 Å². The highest BCUT2D eigenvalue weighted by Crippen LogP contribution is 2.34. The molecule has 0 aliphatic heterocycles. The number of aryl methyl sites for hydroxylation is 2. The summed E-state index contributed by atoms with van der Waals surface area (Å²) < 4.78 is 7.17. The van der Waals surface area contributed by atoms with Gasteiger partial charge in [0.05, 0.1) is 10.6 Å². The van der Waals surface area contributed by atoms with E-state index in [-0.39, 0.29) is 17.4 Å². The summed E-state index contributed by atoms with van der Waals surface area (Å²) in [5.41, 5.74) is 1.13. The van der Waals surface area contributed by atoms with E-state index in [2.05, 4.69) is 15.1 Å². The topological polar surface area (TPSA) is 96.0 Å². The Balaban J connectivity index is 1.81. The second kappa shape index (κ2) is 6.49. The zero-order valence-corrected chi connectivity index (χ0v) is 14.7. The van der Waals surface area contributed by atoms with Crippen molar-refractivity contribution in [2.24, 2.45) is 0 Å². The van der Waals surface area contributed by atoms with Crippen LogP contribution in [-0.4, -0.2) is 24.7 Å². The van der Waals surface area contributed by atoms with Crippen molar-refractivity contribution < 1.29 is 9.66 Å². The van der Waals surface area contributed by atoms with Crippen molar-refractivity contribution in [3.8, 4) is 17.4 Å². The van der Waals surface area contributed by atoms with Crippen molar-refractivity contribution in [1.82, 2.24) is 19.7 Å². The van der Waals surface area contributed by atoms with Gasteiger partial charge in [0.2, 0.25) is 5.82 Å². The van der Waals surface area contributed by atoms with Crippen molar-refractivity contribution in [1.29, 1.82) is 0 Å². The third kappa shape index (κ3) is 3.08. The van der Waals surface area contributed by atoms with E-state index in [1.54, 1.807) is 13.0 Å². The Morgan fingerprint density at radius 1 is 1.04 bits per heavy atom. The predicted molar refractivity (Wildman–Crippen MR) is 99.3 cm³/mol. The molecular weight excluding hydrogens is 346 g/mol. The lowest BCUT2D eigenvalue weighted by atomic mass is 10.1. The Morgan fingerprint density at radius 3 is 2.52 bits per heavy atom. The summed E-state index contributed by atoms with van der Waals surface area (Å²) in [6.45, 7) is 3.61. The molecule has 134 valence electrons. The van der Waals surface area contributed by atoms with Gasteiger partial charge in [-0.3, -0.25) is 10.1 Å². The molecule has 4 rings (SSSR count). The van der Waals surface area contributed by atoms with E-state index in [0.29, 0.717) is 5.75 Å². The number of rotatable bonds is 4. The molecule has 2 aromatic heterocycles. The SMILES string of the molecule is Cc1cc(C)n(-c2ncnc(Oc3ccc4ccccc4c3)c2[N+](=O)[O-])n1. The number of benzene rings is 2. The average Bonchev–Trinajstić information content (AvgIpc) is 2.99. The highest BCUT2D eigenvalue weighted by molar-refractivity contribution is 5.83. The van der Waals surface area contributed by atoms with Crippen LogP contribution in [0.5, 0.6) is 11.6 Å². The molecule has 0 saturated heterocycles. The molecule has 8 heteroatoms. The number of nitrogens with zero attached hydrogens (tertiary/aromatic N) is 5. The Bertz CT molecular complexity index is 1170. The fraction of sp³-hybridized carbons (Fsp3) is 0.105. The molecule has 8 nitrogen and oxygen atoms in total. The molecule has 0 N–H and O–H groups in total. The molecule has 0 aliphatic carbocycles. The van der Waals surface area contributed by atoms with Gasteiger partial charge in [-0.25, -0.2) is 9.67 Å². The molecule has 0 spiro atoms. The number of hydrogen-bond acceptors (Lipinski definition) is 6. The average molecular weight is 361 g/mol. The molecule has 0 unspecified atom stereocenters. The molecule has 2 heterocycles. The predicted octanol–water partition coefficient (Wildman–Crippen LogP) is 4.13. The van der Waals surface area contributed by atoms with Crippen LogP contribution < -0.4 is 4.74 Å². The van der Waals surface area contributed by atoms with Crippen molar-refractivity contribution in [3.05, 3.63) is 76.4 Å². The molecule has 2 aromatic carbocycles. The normalized spacial score (nSPS) is 10.9. The van der Waals surface area contributed by atoms with Gasteiger partial charge in [-0.05, 0) is 42.8 Å². The lowest BCUT2D eigenvalue weighted by Crippen LogP contribution is -2.08. The molecule has 0 atom stereocenters. The lowest BCUT2D eigenvalue weighted by molar-refractivity contribution is -0.386. The summed E-state index contributed by atoms with van der Waals surface area (Å²) in [6.07, 6.45) is 1.23. The van der Waals surface area contributed by atoms with Crippen LogP contribution in [0.2, 0.25) is 0 Å². The second-order valence-corrected chi connectivity index (χ2v) is 6.06. The van der Waals surface area contributed by atoms with E-state index in [9.17, 15) is 10.1 Å². The lowest BCUT2D eigenvalue weighted by Gasteiger charge is -2.09. The highest BCUT2D eigenvalue weighted by atomic mass is 16.6. The molecule has 0 bridgehead atoms. The maximum Gasteiger partial charge on any atom is 0.375 e. The molecule has 0 fully saturated rings. The van der Waals surface area contributed by atoms with E-state index in [0.717, 1.165) is 22.2 Å². The number of hydrogen-bond donors (Lipinski definition) is 0. The summed E-state index contributed by atoms with van der Waals surface area (Å²) in [5, 5.41) is 18.0. The van der Waals surface area contributed by atoms with Gasteiger partial charge >= 0.3 is 11.6 Å². The van der Waals surface area contributed by atoms with Crippen LogP contribution >= 0.6 is 0 Å². The molecular formula is C19H15N5O3. The standard InChI is InChI=1S/C19H15N5O3/c1-12-9-13(2)23(22-12)18-17(24(25)26)19(21-11-20-18)27-16-8-7-14-5-3-4-6-15(14)10-16/h3-11H,1-2H3. The number of fused-ring (bicyclic) bond motifs is 1. The highest BCUT2D eigenvalue weighted by Gasteiger charge is 2.27. The van der Waals surface area contributed by atoms with Crippen LogP contribution in [0.1, 0.15) is 11.4 Å². The van der Waals surface area contributed by atoms with Crippen molar-refractivity contribution in [2.45, 2.75) is 13.8 Å². The quantitative estimate of drug-likeness (QED) is 0.400. The van der Waals surface area contributed by atoms with Gasteiger partial charge in [0.15, 0.2) is 0 Å². The van der Waals surface area contributed by atoms with Gasteiger partial charge in [-0.1, -0.05) is 30.3 Å². The summed E-state index contributed by atoms with van der Waals surface area (Å²) in [4.78, 5) is 19.2. The van der Waals surface area contributed by atoms with E-state index < -0.39 is 4.92 Å². The smallest absolute Gasteiger partial charge is 0.375 e. The van der Waals surface area contributed by atoms with Crippen LogP contribution in [0.3, 0.4) is 0 Å². The number of nitro groups is 1. The summed E-state index contributed by atoms with van der Waals surface area (Å²) in [6, 6.07) is 15.0. The minimum Gasteiger partial charge on any atom is -0.434 e. The van der Waals surface area contributed by atoms with Crippen LogP contribution in [-0.2, 0) is 0 Å². The van der Waals surface area contributed by atoms with E-state index in [1.807, 2.05) is 49.4 Å². The fourth-order valence-electron chi connectivity index (χ4n) is 2.93. The molecule has 0 aliphatic rings. The third-order valence-corrected chi connectivity index (χ3v) is 4.10. The van der Waals surface area contributed by atoms with E-state index in [4.69, 9.17) is 4.74 Å². The van der Waals surface area contributed by atoms with Gasteiger partial charge in [0, 0.05) is 5.69 Å². The summed E-state index contributed by atoms with van der Waals surface area (Å²) >= 11 is 0. The van der Waals surface area contributed by atoms with Gasteiger partial charge in [0.1, 0.15) is 12.1 Å². The minimum atomic E-state index is -0.553. The first kappa shape index (κ1) is 16.6. The Labute approximate surface area is 154 Å². The Morgan fingerprint density at radius 2 is 1.81 bits per heavy atom. The van der Waals surface area contributed by atoms with Crippen molar-refractivity contribution in [3.63, 3.8) is 0 Å². The Kier molecular flexibility index (Phi) is 4.00. The van der Waals surface area contributed by atoms with Crippen LogP contribution in [0.15, 0.2) is 54.9 Å². The molecule has 4 aromatic rings. The van der Waals surface area contributed by atoms with Crippen LogP contribution in [0.25, 0.3) is 16.6 Å². The first-order chi connectivity index (χ1) is 13.0. The number of aromatic nitrogens is 4. The zero-order chi connectivity index (χ0) is 19.0. The summed E-state index contributed by atoms with van der Waals surface area (Å²) in [7, 11) is 0. The monoisotopic (exact) mass is 361 g/mol. The van der Waals surface area contributed by atoms with E-state index in [1.165, 1.54) is 11.0 Å². The molecule has 0 saturated carbocycles. The van der Waals surface area contributed by atoms with Gasteiger partial charge in [0.25, 0.3) is 0 Å². The maximum atomic E-state index is 11.7. The third-order valence-electron chi connectivity index (χ3n) is 4.10. The molecule has 0 amide bonds. The molecule has 0 radical (unpaired) electrons. The van der Waals surface area contributed by atoms with Gasteiger partial charge < -0.3 is 4.74 Å². The van der Waals surface area contributed by atoms with Crippen molar-refractivity contribution >= 4 is 16.5 Å².